The molecule has 0 aromatic carbocycles. The van der Waals surface area contributed by atoms with E-state index in [9.17, 15) is 0 Å². The second-order valence-corrected chi connectivity index (χ2v) is 4.63. The molecule has 0 atom stereocenters. The topological polar surface area (TPSA) is 78.3 Å². The Bertz CT molecular complexity index is 471. The van der Waals surface area contributed by atoms with Crippen LogP contribution in [0.15, 0.2) is 33.1 Å². The van der Waals surface area contributed by atoms with Gasteiger partial charge < -0.3 is 20.3 Å². The summed E-state index contributed by atoms with van der Waals surface area (Å²) in [4.78, 5) is 0. The summed E-state index contributed by atoms with van der Waals surface area (Å²) in [5, 5.41) is 0. The quantitative estimate of drug-likeness (QED) is 0.852. The molecule has 98 valence electrons. The van der Waals surface area contributed by atoms with E-state index >= 15 is 0 Å². The van der Waals surface area contributed by atoms with Crippen LogP contribution in [0, 0.1) is 0 Å². The van der Waals surface area contributed by atoms with Crippen molar-refractivity contribution in [2.75, 3.05) is 0 Å². The Balaban J connectivity index is 2.40. The molecule has 0 aliphatic rings. The third-order valence-corrected chi connectivity index (χ3v) is 3.52. The summed E-state index contributed by atoms with van der Waals surface area (Å²) in [6, 6.07) is 7.76. The lowest BCUT2D eigenvalue weighted by molar-refractivity contribution is 0.318. The molecule has 18 heavy (non-hydrogen) atoms. The molecule has 0 unspecified atom stereocenters. The number of rotatable bonds is 5. The van der Waals surface area contributed by atoms with Gasteiger partial charge >= 0.3 is 0 Å². The van der Waals surface area contributed by atoms with Crippen molar-refractivity contribution < 1.29 is 8.83 Å². The van der Waals surface area contributed by atoms with Crippen molar-refractivity contribution in [2.24, 2.45) is 11.5 Å². The molecule has 0 aliphatic carbocycles. The van der Waals surface area contributed by atoms with Crippen LogP contribution in [0.4, 0.5) is 0 Å². The number of hydrogen-bond acceptors (Lipinski definition) is 4. The zero-order valence-corrected chi connectivity index (χ0v) is 10.9. The summed E-state index contributed by atoms with van der Waals surface area (Å²) in [7, 11) is 0. The van der Waals surface area contributed by atoms with Crippen LogP contribution in [0.5, 0.6) is 0 Å². The van der Waals surface area contributed by atoms with E-state index in [0.717, 1.165) is 29.5 Å². The SMILES string of the molecule is CCC(C)(c1ccc(CN)o1)c1ccc(CN)o1. The first kappa shape index (κ1) is 12.9. The molecule has 2 aromatic heterocycles. The molecule has 4 nitrogen and oxygen atoms in total. The van der Waals surface area contributed by atoms with Gasteiger partial charge in [0.1, 0.15) is 23.0 Å². The molecule has 2 aromatic rings. The van der Waals surface area contributed by atoms with Gasteiger partial charge in [-0.15, -0.1) is 0 Å². The lowest BCUT2D eigenvalue weighted by Crippen LogP contribution is -2.21. The van der Waals surface area contributed by atoms with Gasteiger partial charge in [0.2, 0.25) is 0 Å². The van der Waals surface area contributed by atoms with Crippen LogP contribution >= 0.6 is 0 Å². The van der Waals surface area contributed by atoms with Crippen LogP contribution in [-0.2, 0) is 18.5 Å². The maximum atomic E-state index is 5.77. The van der Waals surface area contributed by atoms with Crippen molar-refractivity contribution in [3.05, 3.63) is 47.3 Å². The Labute approximate surface area is 107 Å². The Morgan fingerprint density at radius 1 is 0.944 bits per heavy atom. The minimum Gasteiger partial charge on any atom is -0.464 e. The molecule has 0 spiro atoms. The van der Waals surface area contributed by atoms with E-state index in [1.807, 2.05) is 24.3 Å². The van der Waals surface area contributed by atoms with Crippen LogP contribution in [-0.4, -0.2) is 0 Å². The fraction of sp³-hybridized carbons (Fsp3) is 0.429. The van der Waals surface area contributed by atoms with Gasteiger partial charge in [-0.1, -0.05) is 6.92 Å². The van der Waals surface area contributed by atoms with Gasteiger partial charge in [-0.3, -0.25) is 0 Å². The van der Waals surface area contributed by atoms with Crippen LogP contribution in [0.25, 0.3) is 0 Å². The predicted molar refractivity (Wildman–Crippen MR) is 69.9 cm³/mol. The second kappa shape index (κ2) is 5.00. The normalized spacial score (nSPS) is 12.0. The van der Waals surface area contributed by atoms with Crippen molar-refractivity contribution in [2.45, 2.75) is 38.8 Å². The molecule has 4 N–H and O–H groups in total. The molecule has 0 fully saturated rings. The number of furan rings is 2. The molecule has 0 radical (unpaired) electrons. The number of hydrogen-bond donors (Lipinski definition) is 2. The van der Waals surface area contributed by atoms with Gasteiger partial charge in [0.25, 0.3) is 0 Å². The standard InChI is InChI=1S/C14H20N2O2/c1-3-14(2,12-6-4-10(8-15)17-12)13-7-5-11(9-16)18-13/h4-7H,3,8-9,15-16H2,1-2H3. The largest absolute Gasteiger partial charge is 0.464 e. The highest BCUT2D eigenvalue weighted by Gasteiger charge is 2.33. The van der Waals surface area contributed by atoms with Gasteiger partial charge in [0.05, 0.1) is 18.5 Å². The zero-order valence-electron chi connectivity index (χ0n) is 10.9. The van der Waals surface area contributed by atoms with Crippen molar-refractivity contribution in [3.8, 4) is 0 Å². The molecule has 0 saturated heterocycles. The average Bonchev–Trinajstić information content (AvgIpc) is 3.06. The van der Waals surface area contributed by atoms with Crippen molar-refractivity contribution in [1.29, 1.82) is 0 Å². The van der Waals surface area contributed by atoms with E-state index in [0.29, 0.717) is 13.1 Å². The lowest BCUT2D eigenvalue weighted by Gasteiger charge is -2.23. The van der Waals surface area contributed by atoms with Crippen LogP contribution in [0.1, 0.15) is 43.3 Å². The van der Waals surface area contributed by atoms with E-state index in [1.165, 1.54) is 0 Å². The summed E-state index contributed by atoms with van der Waals surface area (Å²) >= 11 is 0. The average molecular weight is 248 g/mol. The van der Waals surface area contributed by atoms with E-state index in [2.05, 4.69) is 13.8 Å². The van der Waals surface area contributed by atoms with E-state index in [1.54, 1.807) is 0 Å². The predicted octanol–water partition coefficient (Wildman–Crippen LogP) is 2.51. The zero-order chi connectivity index (χ0) is 13.2. The minimum atomic E-state index is -0.277. The van der Waals surface area contributed by atoms with Crippen LogP contribution in [0.2, 0.25) is 0 Å². The summed E-state index contributed by atoms with van der Waals surface area (Å²) in [5.74, 6) is 3.33. The van der Waals surface area contributed by atoms with E-state index < -0.39 is 0 Å². The maximum Gasteiger partial charge on any atom is 0.117 e. The highest BCUT2D eigenvalue weighted by atomic mass is 16.4. The Hall–Kier alpha value is -1.52. The van der Waals surface area contributed by atoms with E-state index in [-0.39, 0.29) is 5.41 Å². The van der Waals surface area contributed by atoms with Gasteiger partial charge in [-0.05, 0) is 37.6 Å². The van der Waals surface area contributed by atoms with Crippen molar-refractivity contribution in [3.63, 3.8) is 0 Å². The fourth-order valence-corrected chi connectivity index (χ4v) is 2.04. The minimum absolute atomic E-state index is 0.277. The van der Waals surface area contributed by atoms with Gasteiger partial charge in [0.15, 0.2) is 0 Å². The Morgan fingerprint density at radius 2 is 1.39 bits per heavy atom. The highest BCUT2D eigenvalue weighted by Crippen LogP contribution is 2.37. The maximum absolute atomic E-state index is 5.77. The van der Waals surface area contributed by atoms with Crippen molar-refractivity contribution >= 4 is 0 Å². The van der Waals surface area contributed by atoms with Crippen molar-refractivity contribution in [1.82, 2.24) is 0 Å². The first-order valence-electron chi connectivity index (χ1n) is 6.22. The Kier molecular flexibility index (Phi) is 3.59. The molecule has 0 aliphatic heterocycles. The fourth-order valence-electron chi connectivity index (χ4n) is 2.04. The molecule has 0 amide bonds. The van der Waals surface area contributed by atoms with Gasteiger partial charge in [-0.25, -0.2) is 0 Å². The molecular formula is C14H20N2O2. The molecule has 0 bridgehead atoms. The molecule has 0 saturated carbocycles. The number of nitrogens with two attached hydrogens (primary N) is 2. The van der Waals surface area contributed by atoms with Crippen LogP contribution in [0.3, 0.4) is 0 Å². The summed E-state index contributed by atoms with van der Waals surface area (Å²) in [5.41, 5.74) is 10.9. The second-order valence-electron chi connectivity index (χ2n) is 4.63. The summed E-state index contributed by atoms with van der Waals surface area (Å²) < 4.78 is 11.5. The third kappa shape index (κ3) is 2.09. The molecule has 2 rings (SSSR count). The lowest BCUT2D eigenvalue weighted by atomic mass is 9.82. The molecule has 4 heteroatoms. The third-order valence-electron chi connectivity index (χ3n) is 3.52. The first-order valence-corrected chi connectivity index (χ1v) is 6.22. The first-order chi connectivity index (χ1) is 8.63. The van der Waals surface area contributed by atoms with E-state index in [4.69, 9.17) is 20.3 Å². The molecule has 2 heterocycles. The smallest absolute Gasteiger partial charge is 0.117 e. The highest BCUT2D eigenvalue weighted by molar-refractivity contribution is 5.28. The molecular weight excluding hydrogens is 228 g/mol. The summed E-state index contributed by atoms with van der Waals surface area (Å²) in [6.45, 7) is 5.03. The summed E-state index contributed by atoms with van der Waals surface area (Å²) in [6.07, 6.45) is 0.877. The van der Waals surface area contributed by atoms with Crippen LogP contribution < -0.4 is 11.5 Å². The van der Waals surface area contributed by atoms with Gasteiger partial charge in [-0.2, -0.15) is 0 Å². The monoisotopic (exact) mass is 248 g/mol. The Morgan fingerprint density at radius 3 is 1.67 bits per heavy atom. The van der Waals surface area contributed by atoms with Gasteiger partial charge in [0, 0.05) is 0 Å².